The molecule has 1 atom stereocenters. The minimum Gasteiger partial charge on any atom is -0.493 e. The summed E-state index contributed by atoms with van der Waals surface area (Å²) in [6.07, 6.45) is 0.911. The molecule has 0 amide bonds. The molecular formula is C28H26N2O6. The zero-order chi connectivity index (χ0) is 25.8. The van der Waals surface area contributed by atoms with Crippen molar-refractivity contribution in [2.24, 2.45) is 5.73 Å². The molecule has 0 saturated carbocycles. The summed E-state index contributed by atoms with van der Waals surface area (Å²) in [4.78, 5) is 12.9. The summed E-state index contributed by atoms with van der Waals surface area (Å²) in [5.41, 5.74) is 9.50. The quantitative estimate of drug-likeness (QED) is 0.377. The van der Waals surface area contributed by atoms with Crippen LogP contribution in [0.4, 0.5) is 0 Å². The molecule has 1 heterocycles. The maximum Gasteiger partial charge on any atom is 0.343 e. The van der Waals surface area contributed by atoms with Gasteiger partial charge in [-0.05, 0) is 35.7 Å². The minimum atomic E-state index is -0.627. The van der Waals surface area contributed by atoms with Crippen LogP contribution >= 0.6 is 0 Å². The van der Waals surface area contributed by atoms with Crippen LogP contribution in [-0.4, -0.2) is 27.3 Å². The molecule has 2 N–H and O–H groups in total. The second kappa shape index (κ2) is 10.3. The van der Waals surface area contributed by atoms with E-state index in [4.69, 9.17) is 29.4 Å². The Morgan fingerprint density at radius 2 is 1.67 bits per heavy atom. The predicted octanol–water partition coefficient (Wildman–Crippen LogP) is 4.71. The van der Waals surface area contributed by atoms with E-state index in [1.54, 1.807) is 18.2 Å². The normalized spacial score (nSPS) is 14.2. The summed E-state index contributed by atoms with van der Waals surface area (Å²) in [7, 11) is 4.41. The van der Waals surface area contributed by atoms with Crippen molar-refractivity contribution in [2.75, 3.05) is 21.3 Å². The van der Waals surface area contributed by atoms with Crippen LogP contribution in [0.15, 0.2) is 66.1 Å². The number of benzene rings is 3. The maximum atomic E-state index is 12.9. The number of aryl methyl sites for hydroxylation is 1. The number of ether oxygens (including phenoxy) is 5. The van der Waals surface area contributed by atoms with E-state index in [0.29, 0.717) is 28.6 Å². The summed E-state index contributed by atoms with van der Waals surface area (Å²) >= 11 is 0. The van der Waals surface area contributed by atoms with Crippen molar-refractivity contribution in [2.45, 2.75) is 19.3 Å². The number of carbonyl (C=O) groups excluding carboxylic acids is 1. The smallest absolute Gasteiger partial charge is 0.343 e. The van der Waals surface area contributed by atoms with Crippen LogP contribution in [0.5, 0.6) is 28.7 Å². The van der Waals surface area contributed by atoms with Crippen LogP contribution in [-0.2, 0) is 6.42 Å². The fraction of sp³-hybridized carbons (Fsp3) is 0.214. The van der Waals surface area contributed by atoms with Gasteiger partial charge in [0, 0.05) is 11.6 Å². The fourth-order valence-electron chi connectivity index (χ4n) is 4.15. The van der Waals surface area contributed by atoms with Gasteiger partial charge < -0.3 is 29.4 Å². The van der Waals surface area contributed by atoms with Crippen molar-refractivity contribution in [1.82, 2.24) is 0 Å². The van der Waals surface area contributed by atoms with Crippen LogP contribution in [0.25, 0.3) is 0 Å². The number of nitriles is 1. The van der Waals surface area contributed by atoms with E-state index in [0.717, 1.165) is 17.5 Å². The van der Waals surface area contributed by atoms with Gasteiger partial charge in [0.25, 0.3) is 0 Å². The average molecular weight is 487 g/mol. The Labute approximate surface area is 209 Å². The van der Waals surface area contributed by atoms with Crippen LogP contribution < -0.4 is 29.4 Å². The summed E-state index contributed by atoms with van der Waals surface area (Å²) < 4.78 is 27.3. The van der Waals surface area contributed by atoms with E-state index >= 15 is 0 Å². The molecule has 0 spiro atoms. The zero-order valence-corrected chi connectivity index (χ0v) is 20.5. The van der Waals surface area contributed by atoms with Gasteiger partial charge in [0.1, 0.15) is 23.1 Å². The number of hydrogen-bond acceptors (Lipinski definition) is 8. The molecule has 0 aromatic heterocycles. The first-order chi connectivity index (χ1) is 17.4. The number of rotatable bonds is 7. The molecule has 36 heavy (non-hydrogen) atoms. The minimum absolute atomic E-state index is 0.0164. The van der Waals surface area contributed by atoms with Gasteiger partial charge in [-0.3, -0.25) is 0 Å². The van der Waals surface area contributed by atoms with Crippen LogP contribution in [0, 0.1) is 11.3 Å². The lowest BCUT2D eigenvalue weighted by molar-refractivity contribution is 0.0733. The molecule has 0 radical (unpaired) electrons. The van der Waals surface area contributed by atoms with E-state index in [-0.39, 0.29) is 17.2 Å². The van der Waals surface area contributed by atoms with Gasteiger partial charge in [-0.2, -0.15) is 5.26 Å². The number of esters is 1. The molecule has 0 bridgehead atoms. The Morgan fingerprint density at radius 3 is 2.22 bits per heavy atom. The van der Waals surface area contributed by atoms with Crippen LogP contribution in [0.1, 0.15) is 39.9 Å². The highest BCUT2D eigenvalue weighted by atomic mass is 16.5. The van der Waals surface area contributed by atoms with Crippen molar-refractivity contribution < 1.29 is 28.5 Å². The monoisotopic (exact) mass is 486 g/mol. The Hall–Kier alpha value is -4.64. The summed E-state index contributed by atoms with van der Waals surface area (Å²) in [6, 6.07) is 18.2. The molecule has 4 rings (SSSR count). The number of hydrogen-bond donors (Lipinski definition) is 1. The molecule has 3 aromatic carbocycles. The molecule has 0 fully saturated rings. The SMILES string of the molecule is CCc1ccc(C2C(C#N)=C(N)Oc3cc(OC(=O)c4cc(OC)c(OC)c(OC)c4)ccc32)cc1. The van der Waals surface area contributed by atoms with E-state index < -0.39 is 11.9 Å². The maximum absolute atomic E-state index is 12.9. The predicted molar refractivity (Wildman–Crippen MR) is 133 cm³/mol. The van der Waals surface area contributed by atoms with Crippen molar-refractivity contribution in [1.29, 1.82) is 5.26 Å². The first kappa shape index (κ1) is 24.5. The number of carbonyl (C=O) groups is 1. The molecule has 1 aliphatic heterocycles. The Morgan fingerprint density at radius 1 is 1.00 bits per heavy atom. The first-order valence-electron chi connectivity index (χ1n) is 11.3. The Kier molecular flexibility index (Phi) is 7.02. The molecule has 1 unspecified atom stereocenters. The summed E-state index contributed by atoms with van der Waals surface area (Å²) in [5, 5.41) is 9.78. The second-order valence-corrected chi connectivity index (χ2v) is 8.02. The van der Waals surface area contributed by atoms with Crippen molar-refractivity contribution in [3.63, 3.8) is 0 Å². The Balaban J connectivity index is 1.67. The van der Waals surface area contributed by atoms with Gasteiger partial charge >= 0.3 is 5.97 Å². The van der Waals surface area contributed by atoms with Crippen LogP contribution in [0.3, 0.4) is 0 Å². The molecule has 1 aliphatic rings. The van der Waals surface area contributed by atoms with Crippen molar-refractivity contribution in [3.05, 3.63) is 88.3 Å². The lowest BCUT2D eigenvalue weighted by Gasteiger charge is -2.27. The van der Waals surface area contributed by atoms with Crippen molar-refractivity contribution in [3.8, 4) is 34.8 Å². The average Bonchev–Trinajstić information content (AvgIpc) is 2.91. The summed E-state index contributed by atoms with van der Waals surface area (Å²) in [6.45, 7) is 2.08. The standard InChI is InChI=1S/C28H26N2O6/c1-5-16-6-8-17(9-7-16)25-20-11-10-19(14-22(20)36-27(30)21(25)15-29)35-28(31)18-12-23(32-2)26(34-4)24(13-18)33-3/h6-14,25H,5,30H2,1-4H3. The number of fused-ring (bicyclic) bond motifs is 1. The van der Waals surface area contributed by atoms with Gasteiger partial charge in [-0.1, -0.05) is 37.3 Å². The topological polar surface area (TPSA) is 113 Å². The first-order valence-corrected chi connectivity index (χ1v) is 11.3. The lowest BCUT2D eigenvalue weighted by atomic mass is 9.83. The van der Waals surface area contributed by atoms with Gasteiger partial charge in [0.2, 0.25) is 11.6 Å². The van der Waals surface area contributed by atoms with Gasteiger partial charge in [0.15, 0.2) is 11.5 Å². The highest BCUT2D eigenvalue weighted by molar-refractivity contribution is 5.92. The van der Waals surface area contributed by atoms with Crippen LogP contribution in [0.2, 0.25) is 0 Å². The summed E-state index contributed by atoms with van der Waals surface area (Å²) in [5.74, 6) is 0.678. The molecule has 0 saturated heterocycles. The second-order valence-electron chi connectivity index (χ2n) is 8.02. The van der Waals surface area contributed by atoms with E-state index in [1.165, 1.54) is 39.0 Å². The molecular weight excluding hydrogens is 460 g/mol. The molecule has 8 nitrogen and oxygen atoms in total. The number of allylic oxidation sites excluding steroid dienone is 1. The number of nitrogens with zero attached hydrogens (tertiary/aromatic N) is 1. The van der Waals surface area contributed by atoms with Crippen molar-refractivity contribution >= 4 is 5.97 Å². The molecule has 3 aromatic rings. The highest BCUT2D eigenvalue weighted by Crippen LogP contribution is 2.44. The molecule has 8 heteroatoms. The van der Waals surface area contributed by atoms with Gasteiger partial charge in [0.05, 0.1) is 32.8 Å². The van der Waals surface area contributed by atoms with Gasteiger partial charge in [-0.15, -0.1) is 0 Å². The number of nitrogens with two attached hydrogens (primary N) is 1. The fourth-order valence-corrected chi connectivity index (χ4v) is 4.15. The molecule has 184 valence electrons. The van der Waals surface area contributed by atoms with Gasteiger partial charge in [-0.25, -0.2) is 4.79 Å². The largest absolute Gasteiger partial charge is 0.493 e. The molecule has 0 aliphatic carbocycles. The van der Waals surface area contributed by atoms with E-state index in [1.807, 2.05) is 24.3 Å². The van der Waals surface area contributed by atoms with E-state index in [2.05, 4.69) is 13.0 Å². The Bertz CT molecular complexity index is 1350. The van der Waals surface area contributed by atoms with E-state index in [9.17, 15) is 10.1 Å². The third-order valence-electron chi connectivity index (χ3n) is 6.02. The third kappa shape index (κ3) is 4.51. The highest BCUT2D eigenvalue weighted by Gasteiger charge is 2.31. The third-order valence-corrected chi connectivity index (χ3v) is 6.02. The lowest BCUT2D eigenvalue weighted by Crippen LogP contribution is -2.21. The zero-order valence-electron chi connectivity index (χ0n) is 20.5. The number of methoxy groups -OCH3 is 3.